The van der Waals surface area contributed by atoms with Gasteiger partial charge >= 0.3 is 57.5 Å². The molecule has 0 bridgehead atoms. The first-order valence-corrected chi connectivity index (χ1v) is 3.36. The van der Waals surface area contributed by atoms with Gasteiger partial charge in [-0.3, -0.25) is 0 Å². The normalized spacial score (nSPS) is 8.12. The summed E-state index contributed by atoms with van der Waals surface area (Å²) in [6.07, 6.45) is 0. The van der Waals surface area contributed by atoms with Crippen molar-refractivity contribution in [3.05, 3.63) is 22.4 Å². The van der Waals surface area contributed by atoms with Crippen LogP contribution in [0.1, 0.15) is 6.92 Å². The second-order valence-corrected chi connectivity index (χ2v) is 3.46. The minimum atomic E-state index is -0.470. The van der Waals surface area contributed by atoms with Gasteiger partial charge in [-0.05, 0) is 0 Å². The fourth-order valence-electron chi connectivity index (χ4n) is 0.129. The molecule has 0 radical (unpaired) electrons. The zero-order valence-electron chi connectivity index (χ0n) is 4.38. The van der Waals surface area contributed by atoms with Gasteiger partial charge in [-0.2, -0.15) is 0 Å². The molecule has 4 heteroatoms. The topological polar surface area (TPSA) is 43.1 Å². The molecule has 0 unspecified atom stereocenters. The summed E-state index contributed by atoms with van der Waals surface area (Å²) in [5.41, 5.74) is 0.0278. The Bertz CT molecular complexity index is 136. The minimum absolute atomic E-state index is 0.0278. The number of nitro groups is 1. The van der Waals surface area contributed by atoms with E-state index >= 15 is 0 Å². The van der Waals surface area contributed by atoms with Gasteiger partial charge < -0.3 is 0 Å². The molecular weight excluding hydrogens is 278 g/mol. The first-order chi connectivity index (χ1) is 3.55. The van der Waals surface area contributed by atoms with Gasteiger partial charge in [0, 0.05) is 0 Å². The van der Waals surface area contributed by atoms with Crippen molar-refractivity contribution >= 4 is 3.90 Å². The molecule has 0 heterocycles. The average molecular weight is 283 g/mol. The summed E-state index contributed by atoms with van der Waals surface area (Å²) < 4.78 is 0.731. The van der Waals surface area contributed by atoms with E-state index in [9.17, 15) is 10.1 Å². The summed E-state index contributed by atoms with van der Waals surface area (Å²) in [5.74, 6) is 0. The second kappa shape index (κ2) is 2.87. The molecule has 0 atom stereocenters. The third kappa shape index (κ3) is 2.12. The van der Waals surface area contributed by atoms with Crippen LogP contribution in [0.25, 0.3) is 0 Å². The molecule has 44 valence electrons. The maximum atomic E-state index is 9.84. The van der Waals surface area contributed by atoms with Crippen LogP contribution < -0.4 is 0 Å². The van der Waals surface area contributed by atoms with Crippen LogP contribution in [0.2, 0.25) is 0 Å². The standard InChI is InChI=1S/C4H5NO2.W/c1-3-4(2)5(6)7;/h2H2,1H3;. The predicted molar refractivity (Wildman–Crippen MR) is 26.8 cm³/mol. The monoisotopic (exact) mass is 283 g/mol. The molecule has 0 fully saturated rings. The van der Waals surface area contributed by atoms with Crippen molar-refractivity contribution < 1.29 is 24.3 Å². The molecule has 0 N–H and O–H groups in total. The van der Waals surface area contributed by atoms with Gasteiger partial charge in [-0.1, -0.05) is 0 Å². The van der Waals surface area contributed by atoms with E-state index in [1.165, 1.54) is 0 Å². The van der Waals surface area contributed by atoms with Crippen molar-refractivity contribution in [2.24, 2.45) is 0 Å². The molecule has 0 aliphatic carbocycles. The van der Waals surface area contributed by atoms with Crippen LogP contribution in [0.3, 0.4) is 0 Å². The first-order valence-electron chi connectivity index (χ1n) is 1.90. The Morgan fingerprint density at radius 2 is 2.25 bits per heavy atom. The quantitative estimate of drug-likeness (QED) is 0.547. The molecule has 0 saturated carbocycles. The van der Waals surface area contributed by atoms with E-state index in [4.69, 9.17) is 0 Å². The van der Waals surface area contributed by atoms with Crippen LogP contribution >= 0.6 is 0 Å². The number of rotatable bonds is 2. The summed E-state index contributed by atoms with van der Waals surface area (Å²) >= 11 is 1.10. The average Bonchev–Trinajstić information content (AvgIpc) is 1.64. The molecule has 8 heavy (non-hydrogen) atoms. The van der Waals surface area contributed by atoms with Crippen molar-refractivity contribution in [2.45, 2.75) is 6.92 Å². The van der Waals surface area contributed by atoms with E-state index in [-0.39, 0.29) is 5.70 Å². The van der Waals surface area contributed by atoms with Crippen molar-refractivity contribution in [1.29, 1.82) is 0 Å². The summed E-state index contributed by atoms with van der Waals surface area (Å²) in [7, 11) is 0. The first kappa shape index (κ1) is 7.70. The second-order valence-electron chi connectivity index (χ2n) is 1.26. The molecule has 3 nitrogen and oxygen atoms in total. The fourth-order valence-corrected chi connectivity index (χ4v) is 0.396. The van der Waals surface area contributed by atoms with E-state index in [1.54, 1.807) is 6.92 Å². The van der Waals surface area contributed by atoms with E-state index < -0.39 is 4.92 Å². The number of allylic oxidation sites excluding steroid dienone is 1. The molecule has 0 aliphatic rings. The van der Waals surface area contributed by atoms with Crippen molar-refractivity contribution in [3.8, 4) is 0 Å². The van der Waals surface area contributed by atoms with Gasteiger partial charge in [0.2, 0.25) is 0 Å². The fraction of sp³-hybridized carbons (Fsp3) is 0.250. The Hall–Kier alpha value is -0.302. The van der Waals surface area contributed by atoms with E-state index in [1.807, 2.05) is 0 Å². The van der Waals surface area contributed by atoms with E-state index in [0.717, 1.165) is 23.3 Å². The van der Waals surface area contributed by atoms with Crippen LogP contribution in [-0.4, -0.2) is 8.82 Å². The molecule has 0 aromatic carbocycles. The Kier molecular flexibility index (Phi) is 2.77. The Morgan fingerprint density at radius 3 is 2.25 bits per heavy atom. The summed E-state index contributed by atoms with van der Waals surface area (Å²) in [6, 6.07) is 0. The third-order valence-electron chi connectivity index (χ3n) is 0.627. The molecule has 0 amide bonds. The number of hydrogen-bond acceptors (Lipinski definition) is 2. The van der Waals surface area contributed by atoms with Crippen LogP contribution in [0.15, 0.2) is 12.3 Å². The molecular formula is C4H5NO2W. The van der Waals surface area contributed by atoms with Crippen LogP contribution in [0.5, 0.6) is 0 Å². The number of nitrogens with zero attached hydrogens (tertiary/aromatic N) is 1. The summed E-state index contributed by atoms with van der Waals surface area (Å²) in [6.45, 7) is 4.93. The van der Waals surface area contributed by atoms with E-state index in [2.05, 4.69) is 6.58 Å². The Morgan fingerprint density at radius 1 is 1.88 bits per heavy atom. The zero-order chi connectivity index (χ0) is 6.73. The Balaban J connectivity index is 4.05. The molecule has 0 aliphatic heterocycles. The molecule has 0 saturated heterocycles. The van der Waals surface area contributed by atoms with E-state index in [0.29, 0.717) is 0 Å². The van der Waals surface area contributed by atoms with Gasteiger partial charge in [0.15, 0.2) is 0 Å². The molecule has 0 aromatic rings. The SMILES string of the molecule is C=C([C](C)=[W])[N+](=O)[O-]. The third-order valence-corrected chi connectivity index (χ3v) is 1.47. The van der Waals surface area contributed by atoms with Crippen molar-refractivity contribution in [3.63, 3.8) is 0 Å². The van der Waals surface area contributed by atoms with Gasteiger partial charge in [-0.15, -0.1) is 0 Å². The zero-order valence-corrected chi connectivity index (χ0v) is 7.31. The van der Waals surface area contributed by atoms with Crippen LogP contribution in [0.4, 0.5) is 0 Å². The van der Waals surface area contributed by atoms with Crippen molar-refractivity contribution in [1.82, 2.24) is 0 Å². The summed E-state index contributed by atoms with van der Waals surface area (Å²) in [5, 5.41) is 9.84. The van der Waals surface area contributed by atoms with Gasteiger partial charge in [-0.25, -0.2) is 0 Å². The maximum absolute atomic E-state index is 9.84. The predicted octanol–water partition coefficient (Wildman–Crippen LogP) is 0.516. The molecule has 0 aromatic heterocycles. The van der Waals surface area contributed by atoms with Crippen molar-refractivity contribution in [2.75, 3.05) is 0 Å². The van der Waals surface area contributed by atoms with Crippen LogP contribution in [0, 0.1) is 10.1 Å². The molecule has 0 spiro atoms. The summed E-state index contributed by atoms with van der Waals surface area (Å²) in [4.78, 5) is 9.37. The molecule has 0 rings (SSSR count). The number of hydrogen-bond donors (Lipinski definition) is 0. The van der Waals surface area contributed by atoms with Gasteiger partial charge in [0.05, 0.1) is 0 Å². The van der Waals surface area contributed by atoms with Gasteiger partial charge in [0.25, 0.3) is 0 Å². The van der Waals surface area contributed by atoms with Gasteiger partial charge in [0.1, 0.15) is 0 Å². The van der Waals surface area contributed by atoms with Crippen LogP contribution in [-0.2, 0) is 19.4 Å². The Labute approximate surface area is 58.0 Å².